The summed E-state index contributed by atoms with van der Waals surface area (Å²) in [7, 11) is 0. The summed E-state index contributed by atoms with van der Waals surface area (Å²) in [6, 6.07) is -0.122. The molecule has 78 valence electrons. The average Bonchev–Trinajstić information content (AvgIpc) is 2.00. The van der Waals surface area contributed by atoms with Crippen LogP contribution >= 0.6 is 0 Å². The van der Waals surface area contributed by atoms with Crippen LogP contribution in [0, 0.1) is 0 Å². The molecular formula is C9H20N2O2. The molecule has 0 fully saturated rings. The number of nitrogens with one attached hydrogen (secondary N) is 1. The fraction of sp³-hybridized carbons (Fsp3) is 0.889. The predicted molar refractivity (Wildman–Crippen MR) is 52.2 cm³/mol. The standard InChI is InChI=1S/C9H20N2O2/c1-3-4-8(12)6-11-9(13)5-7(2)10/h7-8,12H,3-6,10H2,1-2H3,(H,11,13). The Kier molecular flexibility index (Phi) is 6.54. The number of rotatable bonds is 6. The van der Waals surface area contributed by atoms with E-state index in [-0.39, 0.29) is 11.9 Å². The summed E-state index contributed by atoms with van der Waals surface area (Å²) >= 11 is 0. The summed E-state index contributed by atoms with van der Waals surface area (Å²) in [6.07, 6.45) is 1.53. The van der Waals surface area contributed by atoms with Gasteiger partial charge in [0.1, 0.15) is 0 Å². The Bertz CT molecular complexity index is 149. The van der Waals surface area contributed by atoms with Gasteiger partial charge in [0, 0.05) is 19.0 Å². The van der Waals surface area contributed by atoms with Crippen LogP contribution in [-0.2, 0) is 4.79 Å². The largest absolute Gasteiger partial charge is 0.391 e. The van der Waals surface area contributed by atoms with Gasteiger partial charge >= 0.3 is 0 Å². The molecule has 0 aliphatic carbocycles. The van der Waals surface area contributed by atoms with Gasteiger partial charge in [-0.15, -0.1) is 0 Å². The highest BCUT2D eigenvalue weighted by molar-refractivity contribution is 5.76. The van der Waals surface area contributed by atoms with Crippen LogP contribution in [0.2, 0.25) is 0 Å². The molecule has 13 heavy (non-hydrogen) atoms. The molecule has 0 aromatic rings. The maximum Gasteiger partial charge on any atom is 0.221 e. The first-order valence-electron chi connectivity index (χ1n) is 4.76. The molecule has 0 aromatic carbocycles. The van der Waals surface area contributed by atoms with E-state index in [1.807, 2.05) is 6.92 Å². The number of hydrogen-bond acceptors (Lipinski definition) is 3. The molecule has 1 amide bonds. The van der Waals surface area contributed by atoms with Crippen LogP contribution in [0.25, 0.3) is 0 Å². The molecule has 0 spiro atoms. The molecule has 4 N–H and O–H groups in total. The van der Waals surface area contributed by atoms with E-state index in [9.17, 15) is 9.90 Å². The van der Waals surface area contributed by atoms with E-state index in [0.717, 1.165) is 12.8 Å². The minimum absolute atomic E-state index is 0.0925. The van der Waals surface area contributed by atoms with Gasteiger partial charge in [-0.05, 0) is 13.3 Å². The van der Waals surface area contributed by atoms with Gasteiger partial charge in [-0.1, -0.05) is 13.3 Å². The molecule has 4 heteroatoms. The van der Waals surface area contributed by atoms with Gasteiger partial charge in [0.15, 0.2) is 0 Å². The highest BCUT2D eigenvalue weighted by Crippen LogP contribution is 1.94. The van der Waals surface area contributed by atoms with Crippen molar-refractivity contribution < 1.29 is 9.90 Å². The van der Waals surface area contributed by atoms with E-state index >= 15 is 0 Å². The predicted octanol–water partition coefficient (Wildman–Crippen LogP) is 0.000900. The number of amides is 1. The number of hydrogen-bond donors (Lipinski definition) is 3. The maximum atomic E-state index is 11.1. The topological polar surface area (TPSA) is 75.3 Å². The normalized spacial score (nSPS) is 15.1. The first-order chi connectivity index (χ1) is 6.06. The van der Waals surface area contributed by atoms with Crippen LogP contribution in [0.1, 0.15) is 33.1 Å². The third kappa shape index (κ3) is 7.74. The van der Waals surface area contributed by atoms with Crippen molar-refractivity contribution in [1.82, 2.24) is 5.32 Å². The first kappa shape index (κ1) is 12.4. The summed E-state index contributed by atoms with van der Waals surface area (Å²) < 4.78 is 0. The molecular weight excluding hydrogens is 168 g/mol. The van der Waals surface area contributed by atoms with Crippen molar-refractivity contribution in [2.24, 2.45) is 5.73 Å². The minimum Gasteiger partial charge on any atom is -0.391 e. The summed E-state index contributed by atoms with van der Waals surface area (Å²) in [5, 5.41) is 11.9. The molecule has 0 saturated heterocycles. The van der Waals surface area contributed by atoms with Gasteiger partial charge in [-0.3, -0.25) is 4.79 Å². The monoisotopic (exact) mass is 188 g/mol. The van der Waals surface area contributed by atoms with Crippen LogP contribution in [0.3, 0.4) is 0 Å². The van der Waals surface area contributed by atoms with Crippen molar-refractivity contribution in [2.45, 2.75) is 45.3 Å². The Morgan fingerprint density at radius 2 is 2.23 bits per heavy atom. The number of aliphatic hydroxyl groups excluding tert-OH is 1. The van der Waals surface area contributed by atoms with Crippen molar-refractivity contribution in [3.63, 3.8) is 0 Å². The van der Waals surface area contributed by atoms with Gasteiger partial charge < -0.3 is 16.2 Å². The SMILES string of the molecule is CCCC(O)CNC(=O)CC(C)N. The van der Waals surface area contributed by atoms with Gasteiger partial charge in [-0.25, -0.2) is 0 Å². The highest BCUT2D eigenvalue weighted by Gasteiger charge is 2.07. The molecule has 0 saturated carbocycles. The van der Waals surface area contributed by atoms with Crippen molar-refractivity contribution in [1.29, 1.82) is 0 Å². The van der Waals surface area contributed by atoms with E-state index in [4.69, 9.17) is 5.73 Å². The van der Waals surface area contributed by atoms with Crippen molar-refractivity contribution >= 4 is 5.91 Å². The average molecular weight is 188 g/mol. The zero-order chi connectivity index (χ0) is 10.3. The lowest BCUT2D eigenvalue weighted by Gasteiger charge is -2.11. The Morgan fingerprint density at radius 1 is 1.62 bits per heavy atom. The van der Waals surface area contributed by atoms with Crippen molar-refractivity contribution in [3.05, 3.63) is 0 Å². The molecule has 0 radical (unpaired) electrons. The molecule has 0 bridgehead atoms. The zero-order valence-corrected chi connectivity index (χ0v) is 8.42. The third-order valence-electron chi connectivity index (χ3n) is 1.66. The molecule has 0 heterocycles. The van der Waals surface area contributed by atoms with Gasteiger partial charge in [0.25, 0.3) is 0 Å². The molecule has 2 atom stereocenters. The van der Waals surface area contributed by atoms with Crippen LogP contribution < -0.4 is 11.1 Å². The van der Waals surface area contributed by atoms with Gasteiger partial charge in [0.2, 0.25) is 5.91 Å². The fourth-order valence-corrected chi connectivity index (χ4v) is 1.03. The van der Waals surface area contributed by atoms with E-state index in [1.165, 1.54) is 0 Å². The van der Waals surface area contributed by atoms with Crippen LogP contribution in [0.15, 0.2) is 0 Å². The smallest absolute Gasteiger partial charge is 0.221 e. The third-order valence-corrected chi connectivity index (χ3v) is 1.66. The number of carbonyl (C=O) groups is 1. The second kappa shape index (κ2) is 6.86. The zero-order valence-electron chi connectivity index (χ0n) is 8.42. The van der Waals surface area contributed by atoms with Crippen molar-refractivity contribution in [3.8, 4) is 0 Å². The summed E-state index contributed by atoms with van der Waals surface area (Å²) in [6.45, 7) is 4.11. The fourth-order valence-electron chi connectivity index (χ4n) is 1.03. The minimum atomic E-state index is -0.429. The van der Waals surface area contributed by atoms with Crippen LogP contribution in [0.5, 0.6) is 0 Å². The second-order valence-electron chi connectivity index (χ2n) is 3.43. The molecule has 4 nitrogen and oxygen atoms in total. The molecule has 2 unspecified atom stereocenters. The van der Waals surface area contributed by atoms with Gasteiger partial charge in [0.05, 0.1) is 6.10 Å². The second-order valence-corrected chi connectivity index (χ2v) is 3.43. The quantitative estimate of drug-likeness (QED) is 0.549. The summed E-state index contributed by atoms with van der Waals surface area (Å²) in [5.41, 5.74) is 5.44. The highest BCUT2D eigenvalue weighted by atomic mass is 16.3. The van der Waals surface area contributed by atoms with Crippen LogP contribution in [-0.4, -0.2) is 29.7 Å². The molecule has 0 aliphatic rings. The van der Waals surface area contributed by atoms with Gasteiger partial charge in [-0.2, -0.15) is 0 Å². The Balaban J connectivity index is 3.46. The van der Waals surface area contributed by atoms with Crippen molar-refractivity contribution in [2.75, 3.05) is 6.54 Å². The van der Waals surface area contributed by atoms with E-state index in [1.54, 1.807) is 6.92 Å². The lowest BCUT2D eigenvalue weighted by molar-refractivity contribution is -0.121. The molecule has 0 aliphatic heterocycles. The number of aliphatic hydroxyl groups is 1. The van der Waals surface area contributed by atoms with E-state index < -0.39 is 6.10 Å². The first-order valence-corrected chi connectivity index (χ1v) is 4.76. The summed E-state index contributed by atoms with van der Waals surface area (Å²) in [5.74, 6) is -0.0925. The Morgan fingerprint density at radius 3 is 2.69 bits per heavy atom. The Hall–Kier alpha value is -0.610. The van der Waals surface area contributed by atoms with E-state index in [0.29, 0.717) is 13.0 Å². The molecule has 0 aromatic heterocycles. The maximum absolute atomic E-state index is 11.1. The number of nitrogens with two attached hydrogens (primary N) is 1. The lowest BCUT2D eigenvalue weighted by atomic mass is 10.2. The van der Waals surface area contributed by atoms with Crippen LogP contribution in [0.4, 0.5) is 0 Å². The number of carbonyl (C=O) groups excluding carboxylic acids is 1. The summed E-state index contributed by atoms with van der Waals surface area (Å²) in [4.78, 5) is 11.1. The Labute approximate surface area is 79.5 Å². The van der Waals surface area contributed by atoms with E-state index in [2.05, 4.69) is 5.32 Å². The lowest BCUT2D eigenvalue weighted by Crippen LogP contribution is -2.35. The molecule has 0 rings (SSSR count).